The molecule has 0 spiro atoms. The molecule has 0 aliphatic rings. The van der Waals surface area contributed by atoms with Crippen LogP contribution in [0.1, 0.15) is 6.92 Å². The number of phenols is 1. The average Bonchev–Trinajstić information content (AvgIpc) is 2.25. The molecule has 88 valence electrons. The first-order chi connectivity index (χ1) is 7.58. The molecule has 1 unspecified atom stereocenters. The molecule has 0 aliphatic carbocycles. The molecular weight excluding hydrogens is 212 g/mol. The first-order valence-electron chi connectivity index (χ1n) is 4.81. The molecule has 1 aromatic rings. The molecule has 5 nitrogen and oxygen atoms in total. The van der Waals surface area contributed by atoms with E-state index in [0.717, 1.165) is 0 Å². The number of rotatable bonds is 5. The SMILES string of the molecule is CC(=O)OCC(O)COc1ccc(O)cc1. The maximum Gasteiger partial charge on any atom is 0.302 e. The third-order valence-electron chi connectivity index (χ3n) is 1.76. The van der Waals surface area contributed by atoms with Crippen molar-refractivity contribution in [1.82, 2.24) is 0 Å². The van der Waals surface area contributed by atoms with Gasteiger partial charge in [0.15, 0.2) is 0 Å². The summed E-state index contributed by atoms with van der Waals surface area (Å²) in [5.41, 5.74) is 0. The summed E-state index contributed by atoms with van der Waals surface area (Å²) in [6.07, 6.45) is -0.863. The van der Waals surface area contributed by atoms with Crippen molar-refractivity contribution >= 4 is 5.97 Å². The van der Waals surface area contributed by atoms with Gasteiger partial charge in [-0.15, -0.1) is 0 Å². The Bertz CT molecular complexity index is 333. The fraction of sp³-hybridized carbons (Fsp3) is 0.364. The van der Waals surface area contributed by atoms with Crippen LogP contribution in [0.15, 0.2) is 24.3 Å². The average molecular weight is 226 g/mol. The fourth-order valence-corrected chi connectivity index (χ4v) is 0.996. The smallest absolute Gasteiger partial charge is 0.302 e. The van der Waals surface area contributed by atoms with E-state index in [0.29, 0.717) is 5.75 Å². The molecule has 2 N–H and O–H groups in total. The molecule has 5 heteroatoms. The molecule has 0 aromatic heterocycles. The molecule has 16 heavy (non-hydrogen) atoms. The highest BCUT2D eigenvalue weighted by Crippen LogP contribution is 2.15. The Kier molecular flexibility index (Phi) is 4.60. The number of hydrogen-bond donors (Lipinski definition) is 2. The van der Waals surface area contributed by atoms with Gasteiger partial charge in [0, 0.05) is 6.92 Å². The van der Waals surface area contributed by atoms with Crippen LogP contribution in [0.25, 0.3) is 0 Å². The topological polar surface area (TPSA) is 76.0 Å². The molecule has 0 aliphatic heterocycles. The van der Waals surface area contributed by atoms with Crippen LogP contribution in [-0.4, -0.2) is 35.5 Å². The third-order valence-corrected chi connectivity index (χ3v) is 1.76. The van der Waals surface area contributed by atoms with Gasteiger partial charge < -0.3 is 19.7 Å². The Morgan fingerprint density at radius 1 is 1.31 bits per heavy atom. The molecule has 1 rings (SSSR count). The van der Waals surface area contributed by atoms with Gasteiger partial charge in [-0.3, -0.25) is 4.79 Å². The second-order valence-electron chi connectivity index (χ2n) is 3.26. The molecule has 0 heterocycles. The summed E-state index contributed by atoms with van der Waals surface area (Å²) in [5, 5.41) is 18.4. The zero-order chi connectivity index (χ0) is 12.0. The van der Waals surface area contributed by atoms with Gasteiger partial charge in [0.25, 0.3) is 0 Å². The standard InChI is InChI=1S/C11H14O5/c1-8(12)15-6-10(14)7-16-11-4-2-9(13)3-5-11/h2-5,10,13-14H,6-7H2,1H3. The first kappa shape index (κ1) is 12.3. The molecule has 0 fully saturated rings. The lowest BCUT2D eigenvalue weighted by Gasteiger charge is -2.11. The number of aliphatic hydroxyl groups is 1. The van der Waals surface area contributed by atoms with E-state index in [-0.39, 0.29) is 19.0 Å². The molecule has 0 saturated heterocycles. The lowest BCUT2D eigenvalue weighted by molar-refractivity contribution is -0.144. The van der Waals surface area contributed by atoms with Crippen molar-refractivity contribution in [3.05, 3.63) is 24.3 Å². The fourth-order valence-electron chi connectivity index (χ4n) is 0.996. The van der Waals surface area contributed by atoms with Gasteiger partial charge in [0.2, 0.25) is 0 Å². The number of phenolic OH excluding ortho intramolecular Hbond substituents is 1. The maximum atomic E-state index is 10.5. The van der Waals surface area contributed by atoms with Crippen LogP contribution < -0.4 is 4.74 Å². The van der Waals surface area contributed by atoms with Crippen molar-refractivity contribution in [3.8, 4) is 11.5 Å². The lowest BCUT2D eigenvalue weighted by Crippen LogP contribution is -2.24. The lowest BCUT2D eigenvalue weighted by atomic mass is 10.3. The largest absolute Gasteiger partial charge is 0.508 e. The number of ether oxygens (including phenoxy) is 2. The van der Waals surface area contributed by atoms with Crippen molar-refractivity contribution in [2.45, 2.75) is 13.0 Å². The van der Waals surface area contributed by atoms with Gasteiger partial charge in [-0.2, -0.15) is 0 Å². The van der Waals surface area contributed by atoms with Gasteiger partial charge in [-0.25, -0.2) is 0 Å². The zero-order valence-electron chi connectivity index (χ0n) is 8.92. The normalized spacial score (nSPS) is 11.9. The Morgan fingerprint density at radius 3 is 2.50 bits per heavy atom. The number of benzene rings is 1. The van der Waals surface area contributed by atoms with E-state index in [1.807, 2.05) is 0 Å². The van der Waals surface area contributed by atoms with Crippen LogP contribution >= 0.6 is 0 Å². The first-order valence-corrected chi connectivity index (χ1v) is 4.81. The highest BCUT2D eigenvalue weighted by atomic mass is 16.5. The predicted octanol–water partition coefficient (Wildman–Crippen LogP) is 0.695. The van der Waals surface area contributed by atoms with E-state index in [2.05, 4.69) is 4.74 Å². The Balaban J connectivity index is 2.28. The summed E-state index contributed by atoms with van der Waals surface area (Å²) in [7, 11) is 0. The zero-order valence-corrected chi connectivity index (χ0v) is 8.92. The van der Waals surface area contributed by atoms with Crippen molar-refractivity contribution in [2.75, 3.05) is 13.2 Å². The summed E-state index contributed by atoms with van der Waals surface area (Å²) in [6.45, 7) is 1.21. The minimum atomic E-state index is -0.863. The van der Waals surface area contributed by atoms with E-state index < -0.39 is 12.1 Å². The van der Waals surface area contributed by atoms with Crippen molar-refractivity contribution in [1.29, 1.82) is 0 Å². The van der Waals surface area contributed by atoms with E-state index >= 15 is 0 Å². The van der Waals surface area contributed by atoms with Crippen LogP contribution in [0.4, 0.5) is 0 Å². The summed E-state index contributed by atoms with van der Waals surface area (Å²) < 4.78 is 9.80. The summed E-state index contributed by atoms with van der Waals surface area (Å²) in [5.74, 6) is 0.233. The number of esters is 1. The van der Waals surface area contributed by atoms with Crippen molar-refractivity contribution in [2.24, 2.45) is 0 Å². The number of aromatic hydroxyl groups is 1. The van der Waals surface area contributed by atoms with Gasteiger partial charge in [0.1, 0.15) is 30.8 Å². The van der Waals surface area contributed by atoms with Gasteiger partial charge >= 0.3 is 5.97 Å². The van der Waals surface area contributed by atoms with Crippen LogP contribution in [-0.2, 0) is 9.53 Å². The second-order valence-corrected chi connectivity index (χ2v) is 3.26. The third kappa shape index (κ3) is 4.65. The van der Waals surface area contributed by atoms with Crippen molar-refractivity contribution in [3.63, 3.8) is 0 Å². The van der Waals surface area contributed by atoms with Crippen LogP contribution in [0, 0.1) is 0 Å². The summed E-state index contributed by atoms with van der Waals surface area (Å²) in [6, 6.07) is 6.11. The number of carbonyl (C=O) groups is 1. The quantitative estimate of drug-likeness (QED) is 0.722. The highest BCUT2D eigenvalue weighted by molar-refractivity contribution is 5.65. The molecule has 1 atom stereocenters. The second kappa shape index (κ2) is 5.97. The van der Waals surface area contributed by atoms with Crippen LogP contribution in [0.2, 0.25) is 0 Å². The molecule has 0 amide bonds. The maximum absolute atomic E-state index is 10.5. The Labute approximate surface area is 93.2 Å². The van der Waals surface area contributed by atoms with Crippen LogP contribution in [0.5, 0.6) is 11.5 Å². The van der Waals surface area contributed by atoms with E-state index in [4.69, 9.17) is 9.84 Å². The van der Waals surface area contributed by atoms with Gasteiger partial charge in [0.05, 0.1) is 0 Å². The van der Waals surface area contributed by atoms with E-state index in [1.165, 1.54) is 19.1 Å². The number of aliphatic hydroxyl groups excluding tert-OH is 1. The van der Waals surface area contributed by atoms with Crippen molar-refractivity contribution < 1.29 is 24.5 Å². The van der Waals surface area contributed by atoms with Gasteiger partial charge in [-0.05, 0) is 24.3 Å². The molecule has 0 saturated carbocycles. The van der Waals surface area contributed by atoms with E-state index in [1.54, 1.807) is 12.1 Å². The highest BCUT2D eigenvalue weighted by Gasteiger charge is 2.07. The minimum Gasteiger partial charge on any atom is -0.508 e. The van der Waals surface area contributed by atoms with Gasteiger partial charge in [-0.1, -0.05) is 0 Å². The predicted molar refractivity (Wildman–Crippen MR) is 56.2 cm³/mol. The monoisotopic (exact) mass is 226 g/mol. The molecule has 0 bridgehead atoms. The molecule has 1 aromatic carbocycles. The summed E-state index contributed by atoms with van der Waals surface area (Å²) >= 11 is 0. The Hall–Kier alpha value is -1.75. The molecular formula is C11H14O5. The molecule has 0 radical (unpaired) electrons. The van der Waals surface area contributed by atoms with Crippen LogP contribution in [0.3, 0.4) is 0 Å². The Morgan fingerprint density at radius 2 is 1.94 bits per heavy atom. The minimum absolute atomic E-state index is 0.0258. The van der Waals surface area contributed by atoms with E-state index in [9.17, 15) is 9.90 Å². The number of hydrogen-bond acceptors (Lipinski definition) is 5. The number of carbonyl (C=O) groups excluding carboxylic acids is 1. The summed E-state index contributed by atoms with van der Waals surface area (Å²) in [4.78, 5) is 10.5.